The number of benzene rings is 1. The van der Waals surface area contributed by atoms with E-state index in [1.807, 2.05) is 6.07 Å². The van der Waals surface area contributed by atoms with Crippen molar-refractivity contribution < 1.29 is 4.74 Å². The maximum absolute atomic E-state index is 5.48. The van der Waals surface area contributed by atoms with E-state index >= 15 is 0 Å². The van der Waals surface area contributed by atoms with Crippen molar-refractivity contribution in [2.45, 2.75) is 6.42 Å². The van der Waals surface area contributed by atoms with Crippen molar-refractivity contribution in [2.75, 3.05) is 19.0 Å². The molecule has 0 aliphatic carbocycles. The first kappa shape index (κ1) is 12.9. The Morgan fingerprint density at radius 2 is 2.25 bits per heavy atom. The molecule has 3 aromatic rings. The van der Waals surface area contributed by atoms with E-state index in [4.69, 9.17) is 4.74 Å². The molecule has 0 saturated heterocycles. The molecule has 0 bridgehead atoms. The Morgan fingerprint density at radius 1 is 1.30 bits per heavy atom. The minimum Gasteiger partial charge on any atom is -0.496 e. The SMILES string of the molecule is COc1cc2sccc2cc1CCNc1ccncn1. The summed E-state index contributed by atoms with van der Waals surface area (Å²) >= 11 is 1.73. The van der Waals surface area contributed by atoms with Crippen LogP contribution >= 0.6 is 11.3 Å². The fourth-order valence-corrected chi connectivity index (χ4v) is 2.94. The summed E-state index contributed by atoms with van der Waals surface area (Å²) in [5.74, 6) is 1.79. The fraction of sp³-hybridized carbons (Fsp3) is 0.200. The Bertz CT molecular complexity index is 697. The normalized spacial score (nSPS) is 10.7. The molecule has 5 heteroatoms. The summed E-state index contributed by atoms with van der Waals surface area (Å²) in [4.78, 5) is 8.04. The van der Waals surface area contributed by atoms with E-state index in [2.05, 4.69) is 38.9 Å². The first-order valence-corrected chi connectivity index (χ1v) is 7.29. The summed E-state index contributed by atoms with van der Waals surface area (Å²) in [5.41, 5.74) is 1.21. The van der Waals surface area contributed by atoms with Gasteiger partial charge < -0.3 is 10.1 Å². The highest BCUT2D eigenvalue weighted by molar-refractivity contribution is 7.17. The van der Waals surface area contributed by atoms with Gasteiger partial charge in [-0.25, -0.2) is 9.97 Å². The van der Waals surface area contributed by atoms with Gasteiger partial charge in [0.1, 0.15) is 17.9 Å². The number of thiophene rings is 1. The van der Waals surface area contributed by atoms with E-state index in [1.54, 1.807) is 31.0 Å². The molecule has 4 nitrogen and oxygen atoms in total. The summed E-state index contributed by atoms with van der Waals surface area (Å²) < 4.78 is 6.74. The van der Waals surface area contributed by atoms with E-state index in [9.17, 15) is 0 Å². The lowest BCUT2D eigenvalue weighted by Crippen LogP contribution is -2.07. The van der Waals surface area contributed by atoms with Crippen molar-refractivity contribution >= 4 is 27.2 Å². The van der Waals surface area contributed by atoms with Gasteiger partial charge in [0.05, 0.1) is 7.11 Å². The predicted octanol–water partition coefficient (Wildman–Crippen LogP) is 3.35. The molecule has 2 aromatic heterocycles. The van der Waals surface area contributed by atoms with Gasteiger partial charge in [0.15, 0.2) is 0 Å². The van der Waals surface area contributed by atoms with Crippen molar-refractivity contribution in [3.63, 3.8) is 0 Å². The van der Waals surface area contributed by atoms with Crippen LogP contribution < -0.4 is 10.1 Å². The number of aromatic nitrogens is 2. The lowest BCUT2D eigenvalue weighted by atomic mass is 10.1. The maximum atomic E-state index is 5.48. The summed E-state index contributed by atoms with van der Waals surface area (Å²) in [6.45, 7) is 0.809. The molecule has 102 valence electrons. The summed E-state index contributed by atoms with van der Waals surface area (Å²) in [7, 11) is 1.72. The van der Waals surface area contributed by atoms with Gasteiger partial charge in [-0.15, -0.1) is 11.3 Å². The second-order valence-electron chi connectivity index (χ2n) is 4.39. The molecule has 0 aliphatic rings. The summed E-state index contributed by atoms with van der Waals surface area (Å²) in [6.07, 6.45) is 4.16. The summed E-state index contributed by atoms with van der Waals surface area (Å²) in [5, 5.41) is 6.66. The molecular formula is C15H15N3OS. The predicted molar refractivity (Wildman–Crippen MR) is 82.6 cm³/mol. The number of hydrogen-bond acceptors (Lipinski definition) is 5. The largest absolute Gasteiger partial charge is 0.496 e. The minimum atomic E-state index is 0.809. The Labute approximate surface area is 121 Å². The third-order valence-electron chi connectivity index (χ3n) is 3.14. The van der Waals surface area contributed by atoms with Crippen LogP contribution in [0, 0.1) is 0 Å². The van der Waals surface area contributed by atoms with Crippen molar-refractivity contribution in [3.05, 3.63) is 47.7 Å². The van der Waals surface area contributed by atoms with Crippen LogP contribution in [0.15, 0.2) is 42.2 Å². The number of ether oxygens (including phenoxy) is 1. The van der Waals surface area contributed by atoms with E-state index in [-0.39, 0.29) is 0 Å². The molecule has 0 aliphatic heterocycles. The van der Waals surface area contributed by atoms with Crippen LogP contribution in [-0.2, 0) is 6.42 Å². The van der Waals surface area contributed by atoms with Crippen LogP contribution in [0.5, 0.6) is 5.75 Å². The zero-order valence-electron chi connectivity index (χ0n) is 11.2. The first-order valence-electron chi connectivity index (χ1n) is 6.41. The molecule has 0 atom stereocenters. The van der Waals surface area contributed by atoms with Crippen LogP contribution in [0.4, 0.5) is 5.82 Å². The average Bonchev–Trinajstić information content (AvgIpc) is 2.94. The first-order chi connectivity index (χ1) is 9.86. The molecule has 3 rings (SSSR count). The van der Waals surface area contributed by atoms with E-state index in [0.717, 1.165) is 24.5 Å². The molecular weight excluding hydrogens is 270 g/mol. The number of anilines is 1. The highest BCUT2D eigenvalue weighted by atomic mass is 32.1. The van der Waals surface area contributed by atoms with Crippen LogP contribution in [0.2, 0.25) is 0 Å². The van der Waals surface area contributed by atoms with Crippen LogP contribution in [-0.4, -0.2) is 23.6 Å². The number of nitrogens with zero attached hydrogens (tertiary/aromatic N) is 2. The number of nitrogens with one attached hydrogen (secondary N) is 1. The molecule has 0 saturated carbocycles. The molecule has 0 unspecified atom stereocenters. The zero-order valence-corrected chi connectivity index (χ0v) is 12.0. The van der Waals surface area contributed by atoms with Crippen molar-refractivity contribution in [1.82, 2.24) is 9.97 Å². The molecule has 0 spiro atoms. The molecule has 1 N–H and O–H groups in total. The number of methoxy groups -OCH3 is 1. The van der Waals surface area contributed by atoms with Crippen LogP contribution in [0.3, 0.4) is 0 Å². The fourth-order valence-electron chi connectivity index (χ4n) is 2.14. The lowest BCUT2D eigenvalue weighted by Gasteiger charge is -2.10. The van der Waals surface area contributed by atoms with Crippen molar-refractivity contribution in [3.8, 4) is 5.75 Å². The number of rotatable bonds is 5. The zero-order chi connectivity index (χ0) is 13.8. The minimum absolute atomic E-state index is 0.809. The quantitative estimate of drug-likeness (QED) is 0.781. The molecule has 0 fully saturated rings. The Kier molecular flexibility index (Phi) is 3.78. The van der Waals surface area contributed by atoms with Gasteiger partial charge in [-0.3, -0.25) is 0 Å². The van der Waals surface area contributed by atoms with Gasteiger partial charge in [0.2, 0.25) is 0 Å². The Morgan fingerprint density at radius 3 is 3.05 bits per heavy atom. The van der Waals surface area contributed by atoms with Gasteiger partial charge in [-0.1, -0.05) is 0 Å². The molecule has 1 aromatic carbocycles. The molecule has 20 heavy (non-hydrogen) atoms. The summed E-state index contributed by atoms with van der Waals surface area (Å²) in [6, 6.07) is 8.31. The van der Waals surface area contributed by atoms with Gasteiger partial charge >= 0.3 is 0 Å². The topological polar surface area (TPSA) is 47.0 Å². The molecule has 2 heterocycles. The standard InChI is InChI=1S/C15H15N3OS/c1-19-13-9-14-12(4-7-20-14)8-11(13)2-6-17-15-3-5-16-10-18-15/h3-5,7-10H,2,6H2,1H3,(H,16,17,18). The van der Waals surface area contributed by atoms with E-state index in [1.165, 1.54) is 15.6 Å². The molecule has 0 radical (unpaired) electrons. The number of fused-ring (bicyclic) bond motifs is 1. The molecule has 0 amide bonds. The Balaban J connectivity index is 1.73. The maximum Gasteiger partial charge on any atom is 0.129 e. The van der Waals surface area contributed by atoms with E-state index in [0.29, 0.717) is 0 Å². The van der Waals surface area contributed by atoms with Gasteiger partial charge in [-0.2, -0.15) is 0 Å². The van der Waals surface area contributed by atoms with Gasteiger partial charge in [0, 0.05) is 17.4 Å². The second-order valence-corrected chi connectivity index (χ2v) is 5.34. The lowest BCUT2D eigenvalue weighted by molar-refractivity contribution is 0.410. The van der Waals surface area contributed by atoms with Crippen LogP contribution in [0.1, 0.15) is 5.56 Å². The van der Waals surface area contributed by atoms with Crippen molar-refractivity contribution in [1.29, 1.82) is 0 Å². The monoisotopic (exact) mass is 285 g/mol. The third kappa shape index (κ3) is 2.72. The highest BCUT2D eigenvalue weighted by Gasteiger charge is 2.06. The van der Waals surface area contributed by atoms with Crippen molar-refractivity contribution in [2.24, 2.45) is 0 Å². The Hall–Kier alpha value is -2.14. The van der Waals surface area contributed by atoms with Gasteiger partial charge in [-0.05, 0) is 47.0 Å². The third-order valence-corrected chi connectivity index (χ3v) is 4.02. The second kappa shape index (κ2) is 5.88. The van der Waals surface area contributed by atoms with Crippen LogP contribution in [0.25, 0.3) is 10.1 Å². The average molecular weight is 285 g/mol. The highest BCUT2D eigenvalue weighted by Crippen LogP contribution is 2.29. The smallest absolute Gasteiger partial charge is 0.129 e. The number of hydrogen-bond donors (Lipinski definition) is 1. The van der Waals surface area contributed by atoms with E-state index < -0.39 is 0 Å². The van der Waals surface area contributed by atoms with Gasteiger partial charge in [0.25, 0.3) is 0 Å².